The number of rotatable bonds is 4. The van der Waals surface area contributed by atoms with Crippen LogP contribution in [0, 0.1) is 6.92 Å². The number of hydrogen-bond acceptors (Lipinski definition) is 5. The molecule has 0 atom stereocenters. The lowest BCUT2D eigenvalue weighted by molar-refractivity contribution is -0.161. The highest BCUT2D eigenvalue weighted by atomic mass is 32.2. The highest BCUT2D eigenvalue weighted by Gasteiger charge is 2.39. The summed E-state index contributed by atoms with van der Waals surface area (Å²) in [5.41, 5.74) is 0. The molecule has 1 N–H and O–H groups in total. The normalized spacial score (nSPS) is 11.6. The van der Waals surface area contributed by atoms with Gasteiger partial charge in [0.1, 0.15) is 0 Å². The number of thioether (sulfide) groups is 1. The second kappa shape index (κ2) is 3.91. The molecular weight excluding hydrogens is 218 g/mol. The number of aryl methyl sites for hydroxylation is 1. The molecule has 1 aromatic rings. The molecule has 0 unspecified atom stereocenters. The highest BCUT2D eigenvalue weighted by Crippen LogP contribution is 2.25. The van der Waals surface area contributed by atoms with Crippen molar-refractivity contribution in [2.24, 2.45) is 0 Å². The molecule has 0 aliphatic heterocycles. The molecule has 1 rings (SSSR count). The van der Waals surface area contributed by atoms with Crippen molar-refractivity contribution < 1.29 is 23.1 Å². The largest absolute Gasteiger partial charge is 0.477 e. The Hall–Kier alpha value is -1.18. The predicted octanol–water partition coefficient (Wildman–Crippen LogP) is 1.19. The summed E-state index contributed by atoms with van der Waals surface area (Å²) in [6.45, 7) is 1.51. The molecule has 0 aliphatic carbocycles. The van der Waals surface area contributed by atoms with Gasteiger partial charge in [-0.25, -0.2) is 4.79 Å². The van der Waals surface area contributed by atoms with E-state index in [1.807, 2.05) is 0 Å². The van der Waals surface area contributed by atoms with Crippen LogP contribution >= 0.6 is 11.8 Å². The van der Waals surface area contributed by atoms with Crippen molar-refractivity contribution in [3.05, 3.63) is 5.89 Å². The quantitative estimate of drug-likeness (QED) is 0.774. The summed E-state index contributed by atoms with van der Waals surface area (Å²) < 4.78 is 29.8. The van der Waals surface area contributed by atoms with Crippen LogP contribution in [0.4, 0.5) is 8.78 Å². The average molecular weight is 224 g/mol. The molecule has 0 radical (unpaired) electrons. The molecule has 8 heteroatoms. The van der Waals surface area contributed by atoms with Gasteiger partial charge in [0.25, 0.3) is 5.22 Å². The van der Waals surface area contributed by atoms with Crippen LogP contribution in [0.3, 0.4) is 0 Å². The Kier molecular flexibility index (Phi) is 3.04. The summed E-state index contributed by atoms with van der Waals surface area (Å²) in [6, 6.07) is 0. The summed E-state index contributed by atoms with van der Waals surface area (Å²) in [6.07, 6.45) is 0. The van der Waals surface area contributed by atoms with Crippen LogP contribution in [-0.2, 0) is 4.79 Å². The van der Waals surface area contributed by atoms with E-state index in [1.165, 1.54) is 6.92 Å². The van der Waals surface area contributed by atoms with Crippen LogP contribution in [0.2, 0.25) is 0 Å². The van der Waals surface area contributed by atoms with Crippen LogP contribution in [0.15, 0.2) is 9.64 Å². The maximum Gasteiger partial charge on any atom is 0.375 e. The number of alkyl halides is 2. The van der Waals surface area contributed by atoms with Gasteiger partial charge in [0.15, 0.2) is 0 Å². The first-order chi connectivity index (χ1) is 6.42. The minimum absolute atomic E-state index is 0.0663. The maximum absolute atomic E-state index is 12.5. The van der Waals surface area contributed by atoms with E-state index in [-0.39, 0.29) is 11.1 Å². The predicted molar refractivity (Wildman–Crippen MR) is 42.3 cm³/mol. The second-order valence-electron chi connectivity index (χ2n) is 2.39. The smallest absolute Gasteiger partial charge is 0.375 e. The third-order valence-electron chi connectivity index (χ3n) is 1.20. The molecule has 5 nitrogen and oxygen atoms in total. The summed E-state index contributed by atoms with van der Waals surface area (Å²) in [4.78, 5) is 10.0. The fourth-order valence-corrected chi connectivity index (χ4v) is 1.26. The molecule has 0 saturated carbocycles. The van der Waals surface area contributed by atoms with Gasteiger partial charge in [0.2, 0.25) is 5.89 Å². The minimum atomic E-state index is -3.78. The van der Waals surface area contributed by atoms with Gasteiger partial charge in [-0.3, -0.25) is 0 Å². The monoisotopic (exact) mass is 224 g/mol. The van der Waals surface area contributed by atoms with Gasteiger partial charge in [-0.2, -0.15) is 8.78 Å². The van der Waals surface area contributed by atoms with E-state index < -0.39 is 17.6 Å². The van der Waals surface area contributed by atoms with Gasteiger partial charge in [-0.15, -0.1) is 10.2 Å². The van der Waals surface area contributed by atoms with Crippen LogP contribution in [0.5, 0.6) is 0 Å². The number of nitrogens with zero attached hydrogens (tertiary/aromatic N) is 2. The number of carboxylic acid groups (broad SMARTS) is 1. The van der Waals surface area contributed by atoms with E-state index >= 15 is 0 Å². The van der Waals surface area contributed by atoms with Gasteiger partial charge < -0.3 is 9.52 Å². The molecule has 0 spiro atoms. The van der Waals surface area contributed by atoms with E-state index in [1.54, 1.807) is 0 Å². The lowest BCUT2D eigenvalue weighted by Crippen LogP contribution is -2.30. The van der Waals surface area contributed by atoms with Gasteiger partial charge in [0.05, 0.1) is 5.75 Å². The number of hydrogen-bond donors (Lipinski definition) is 1. The number of halogens is 2. The second-order valence-corrected chi connectivity index (χ2v) is 3.31. The summed E-state index contributed by atoms with van der Waals surface area (Å²) in [5.74, 6) is -6.64. The molecule has 0 aliphatic rings. The standard InChI is InChI=1S/C6H6F2N2O3S/c1-3-9-10-5(13-3)14-2-6(7,8)4(11)12/h2H2,1H3,(H,11,12). The molecule has 0 amide bonds. The zero-order valence-corrected chi connectivity index (χ0v) is 7.85. The number of aliphatic carboxylic acids is 1. The Morgan fingerprint density at radius 2 is 2.29 bits per heavy atom. The summed E-state index contributed by atoms with van der Waals surface area (Å²) >= 11 is 0.505. The van der Waals surface area contributed by atoms with Crippen LogP contribution in [0.1, 0.15) is 5.89 Å². The van der Waals surface area contributed by atoms with E-state index in [2.05, 4.69) is 10.2 Å². The molecule has 0 aromatic carbocycles. The molecule has 14 heavy (non-hydrogen) atoms. The Balaban J connectivity index is 2.52. The van der Waals surface area contributed by atoms with Gasteiger partial charge in [-0.1, -0.05) is 11.8 Å². The summed E-state index contributed by atoms with van der Waals surface area (Å²) in [5, 5.41) is 14.9. The third-order valence-corrected chi connectivity index (χ3v) is 2.12. The van der Waals surface area contributed by atoms with Crippen molar-refractivity contribution in [3.8, 4) is 0 Å². The number of aromatic nitrogens is 2. The highest BCUT2D eigenvalue weighted by molar-refractivity contribution is 7.99. The fraction of sp³-hybridized carbons (Fsp3) is 0.500. The first kappa shape index (κ1) is 10.9. The topological polar surface area (TPSA) is 76.2 Å². The van der Waals surface area contributed by atoms with Crippen LogP contribution in [0.25, 0.3) is 0 Å². The van der Waals surface area contributed by atoms with Crippen molar-refractivity contribution in [2.75, 3.05) is 5.75 Å². The lowest BCUT2D eigenvalue weighted by Gasteiger charge is -2.07. The summed E-state index contributed by atoms with van der Waals surface area (Å²) in [7, 11) is 0. The number of carbonyl (C=O) groups is 1. The van der Waals surface area contributed by atoms with Crippen LogP contribution < -0.4 is 0 Å². The van der Waals surface area contributed by atoms with Gasteiger partial charge in [-0.05, 0) is 0 Å². The zero-order chi connectivity index (χ0) is 10.8. The molecular formula is C6H6F2N2O3S. The van der Waals surface area contributed by atoms with Crippen molar-refractivity contribution in [1.29, 1.82) is 0 Å². The van der Waals surface area contributed by atoms with Crippen molar-refractivity contribution in [2.45, 2.75) is 18.1 Å². The van der Waals surface area contributed by atoms with E-state index in [0.29, 0.717) is 11.8 Å². The third kappa shape index (κ3) is 2.66. The van der Waals surface area contributed by atoms with Crippen molar-refractivity contribution >= 4 is 17.7 Å². The first-order valence-electron chi connectivity index (χ1n) is 3.46. The zero-order valence-electron chi connectivity index (χ0n) is 7.03. The fourth-order valence-electron chi connectivity index (χ4n) is 0.551. The van der Waals surface area contributed by atoms with Gasteiger partial charge in [0, 0.05) is 6.92 Å². The molecule has 0 saturated heterocycles. The van der Waals surface area contributed by atoms with Crippen molar-refractivity contribution in [1.82, 2.24) is 10.2 Å². The molecule has 1 aromatic heterocycles. The SMILES string of the molecule is Cc1nnc(SCC(F)(F)C(=O)O)o1. The molecule has 1 heterocycles. The van der Waals surface area contributed by atoms with Crippen LogP contribution in [-0.4, -0.2) is 32.9 Å². The van der Waals surface area contributed by atoms with E-state index in [0.717, 1.165) is 0 Å². The first-order valence-corrected chi connectivity index (χ1v) is 4.44. The molecule has 78 valence electrons. The van der Waals surface area contributed by atoms with E-state index in [9.17, 15) is 13.6 Å². The Bertz CT molecular complexity index is 342. The Labute approximate surface area is 81.5 Å². The molecule has 0 bridgehead atoms. The Morgan fingerprint density at radius 1 is 1.64 bits per heavy atom. The maximum atomic E-state index is 12.5. The van der Waals surface area contributed by atoms with Crippen molar-refractivity contribution in [3.63, 3.8) is 0 Å². The Morgan fingerprint density at radius 3 is 2.71 bits per heavy atom. The molecule has 0 fully saturated rings. The minimum Gasteiger partial charge on any atom is -0.477 e. The van der Waals surface area contributed by atoms with E-state index in [4.69, 9.17) is 9.52 Å². The van der Waals surface area contributed by atoms with Gasteiger partial charge >= 0.3 is 11.9 Å². The number of carboxylic acids is 1. The lowest BCUT2D eigenvalue weighted by atomic mass is 10.4. The average Bonchev–Trinajstić information content (AvgIpc) is 2.48.